The number of aryl methyl sites for hydroxylation is 1. The number of aromatic nitrogens is 1. The molecule has 1 saturated heterocycles. The number of hydrogen-bond acceptors (Lipinski definition) is 4. The fourth-order valence-corrected chi connectivity index (χ4v) is 1.42. The van der Waals surface area contributed by atoms with Gasteiger partial charge in [-0.1, -0.05) is 5.16 Å². The van der Waals surface area contributed by atoms with Crippen LogP contribution in [-0.2, 0) is 0 Å². The number of hydrogen-bond donors (Lipinski definition) is 2. The molecule has 1 aromatic heterocycles. The summed E-state index contributed by atoms with van der Waals surface area (Å²) in [6, 6.07) is 2.42. The molecule has 2 heterocycles. The Morgan fingerprint density at radius 2 is 2.67 bits per heavy atom. The predicted molar refractivity (Wildman–Crippen MR) is 46.1 cm³/mol. The molecule has 1 unspecified atom stereocenters. The van der Waals surface area contributed by atoms with Gasteiger partial charge in [0, 0.05) is 18.7 Å². The van der Waals surface area contributed by atoms with Crippen LogP contribution in [0.4, 0.5) is 5.82 Å². The minimum Gasteiger partial charge on any atom is -0.363 e. The molecule has 2 N–H and O–H groups in total. The normalized spacial score (nSPS) is 22.9. The maximum Gasteiger partial charge on any atom is 0.169 e. The monoisotopic (exact) mass is 167 g/mol. The molecule has 12 heavy (non-hydrogen) atoms. The first-order valence-electron chi connectivity index (χ1n) is 4.25. The van der Waals surface area contributed by atoms with Crippen molar-refractivity contribution in [1.82, 2.24) is 10.5 Å². The lowest BCUT2D eigenvalue weighted by molar-refractivity contribution is 0.399. The Kier molecular flexibility index (Phi) is 1.99. The van der Waals surface area contributed by atoms with Crippen LogP contribution in [-0.4, -0.2) is 24.3 Å². The van der Waals surface area contributed by atoms with Crippen molar-refractivity contribution in [3.63, 3.8) is 0 Å². The van der Waals surface area contributed by atoms with Gasteiger partial charge in [-0.15, -0.1) is 0 Å². The third-order valence-electron chi connectivity index (χ3n) is 2.04. The Hall–Kier alpha value is -1.03. The zero-order valence-electron chi connectivity index (χ0n) is 7.13. The molecule has 0 radical (unpaired) electrons. The van der Waals surface area contributed by atoms with E-state index in [1.165, 1.54) is 0 Å². The van der Waals surface area contributed by atoms with Gasteiger partial charge in [-0.2, -0.15) is 0 Å². The Morgan fingerprint density at radius 3 is 3.25 bits per heavy atom. The lowest BCUT2D eigenvalue weighted by Crippen LogP contribution is -2.22. The summed E-state index contributed by atoms with van der Waals surface area (Å²) in [5, 5.41) is 10.4. The topological polar surface area (TPSA) is 50.1 Å². The maximum atomic E-state index is 4.94. The van der Waals surface area contributed by atoms with Crippen LogP contribution in [0.3, 0.4) is 0 Å². The molecule has 1 aromatic rings. The lowest BCUT2D eigenvalue weighted by atomic mass is 10.2. The summed E-state index contributed by atoms with van der Waals surface area (Å²) in [7, 11) is 0. The molecule has 1 fully saturated rings. The van der Waals surface area contributed by atoms with Gasteiger partial charge < -0.3 is 15.2 Å². The standard InChI is InChI=1S/C8H13N3O/c1-6-4-8(11-12-6)10-7-2-3-9-5-7/h4,7,9H,2-3,5H2,1H3,(H,10,11). The predicted octanol–water partition coefficient (Wildman–Crippen LogP) is 0.757. The highest BCUT2D eigenvalue weighted by Crippen LogP contribution is 2.10. The molecule has 0 aromatic carbocycles. The summed E-state index contributed by atoms with van der Waals surface area (Å²) in [6.45, 7) is 4.01. The average molecular weight is 167 g/mol. The molecule has 66 valence electrons. The summed E-state index contributed by atoms with van der Waals surface area (Å²) in [5.74, 6) is 1.70. The van der Waals surface area contributed by atoms with Gasteiger partial charge in [-0.3, -0.25) is 0 Å². The van der Waals surface area contributed by atoms with Gasteiger partial charge in [-0.25, -0.2) is 0 Å². The first-order valence-corrected chi connectivity index (χ1v) is 4.25. The van der Waals surface area contributed by atoms with Crippen LogP contribution < -0.4 is 10.6 Å². The van der Waals surface area contributed by atoms with Crippen molar-refractivity contribution in [2.45, 2.75) is 19.4 Å². The Bertz CT molecular complexity index is 253. The first kappa shape index (κ1) is 7.61. The van der Waals surface area contributed by atoms with Crippen molar-refractivity contribution in [1.29, 1.82) is 0 Å². The first-order chi connectivity index (χ1) is 5.84. The second kappa shape index (κ2) is 3.15. The quantitative estimate of drug-likeness (QED) is 0.682. The molecule has 0 bridgehead atoms. The van der Waals surface area contributed by atoms with Gasteiger partial charge in [0.2, 0.25) is 0 Å². The van der Waals surface area contributed by atoms with Crippen LogP contribution in [0.25, 0.3) is 0 Å². The van der Waals surface area contributed by atoms with E-state index >= 15 is 0 Å². The molecule has 1 aliphatic heterocycles. The van der Waals surface area contributed by atoms with E-state index in [4.69, 9.17) is 4.52 Å². The van der Waals surface area contributed by atoms with Crippen LogP contribution in [0.1, 0.15) is 12.2 Å². The van der Waals surface area contributed by atoms with Crippen molar-refractivity contribution < 1.29 is 4.52 Å². The van der Waals surface area contributed by atoms with Crippen LogP contribution in [0.2, 0.25) is 0 Å². The van der Waals surface area contributed by atoms with Crippen molar-refractivity contribution in [2.75, 3.05) is 18.4 Å². The van der Waals surface area contributed by atoms with E-state index < -0.39 is 0 Å². The number of nitrogens with one attached hydrogen (secondary N) is 2. The average Bonchev–Trinajstić information content (AvgIpc) is 2.63. The molecule has 4 nitrogen and oxygen atoms in total. The lowest BCUT2D eigenvalue weighted by Gasteiger charge is -2.07. The molecule has 2 rings (SSSR count). The highest BCUT2D eigenvalue weighted by Gasteiger charge is 2.14. The third-order valence-corrected chi connectivity index (χ3v) is 2.04. The zero-order valence-corrected chi connectivity index (χ0v) is 7.13. The van der Waals surface area contributed by atoms with Crippen LogP contribution in [0, 0.1) is 6.92 Å². The summed E-state index contributed by atoms with van der Waals surface area (Å²) >= 11 is 0. The highest BCUT2D eigenvalue weighted by atomic mass is 16.5. The minimum absolute atomic E-state index is 0.509. The second-order valence-electron chi connectivity index (χ2n) is 3.16. The van der Waals surface area contributed by atoms with Gasteiger partial charge in [0.25, 0.3) is 0 Å². The van der Waals surface area contributed by atoms with E-state index in [1.807, 2.05) is 13.0 Å². The molecule has 4 heteroatoms. The van der Waals surface area contributed by atoms with Gasteiger partial charge in [0.15, 0.2) is 5.82 Å². The second-order valence-corrected chi connectivity index (χ2v) is 3.16. The smallest absolute Gasteiger partial charge is 0.169 e. The van der Waals surface area contributed by atoms with Crippen LogP contribution in [0.5, 0.6) is 0 Å². The van der Waals surface area contributed by atoms with E-state index in [2.05, 4.69) is 15.8 Å². The van der Waals surface area contributed by atoms with Crippen molar-refractivity contribution in [3.05, 3.63) is 11.8 Å². The van der Waals surface area contributed by atoms with Crippen LogP contribution in [0.15, 0.2) is 10.6 Å². The fraction of sp³-hybridized carbons (Fsp3) is 0.625. The zero-order chi connectivity index (χ0) is 8.39. The Balaban J connectivity index is 1.94. The van der Waals surface area contributed by atoms with Crippen molar-refractivity contribution in [3.8, 4) is 0 Å². The number of nitrogens with zero attached hydrogens (tertiary/aromatic N) is 1. The summed E-state index contributed by atoms with van der Waals surface area (Å²) < 4.78 is 4.94. The molecular weight excluding hydrogens is 154 g/mol. The Morgan fingerprint density at radius 1 is 1.75 bits per heavy atom. The number of rotatable bonds is 2. The highest BCUT2D eigenvalue weighted by molar-refractivity contribution is 5.35. The van der Waals surface area contributed by atoms with Gasteiger partial charge in [-0.05, 0) is 19.9 Å². The maximum absolute atomic E-state index is 4.94. The largest absolute Gasteiger partial charge is 0.363 e. The van der Waals surface area contributed by atoms with Gasteiger partial charge in [0.1, 0.15) is 5.76 Å². The van der Waals surface area contributed by atoms with E-state index in [1.54, 1.807) is 0 Å². The fourth-order valence-electron chi connectivity index (χ4n) is 1.42. The van der Waals surface area contributed by atoms with Crippen molar-refractivity contribution >= 4 is 5.82 Å². The minimum atomic E-state index is 0.509. The van der Waals surface area contributed by atoms with E-state index in [-0.39, 0.29) is 0 Å². The molecule has 1 atom stereocenters. The molecular formula is C8H13N3O. The Labute approximate surface area is 71.3 Å². The van der Waals surface area contributed by atoms with Gasteiger partial charge >= 0.3 is 0 Å². The van der Waals surface area contributed by atoms with Gasteiger partial charge in [0.05, 0.1) is 0 Å². The van der Waals surface area contributed by atoms with E-state index in [0.717, 1.165) is 31.1 Å². The third kappa shape index (κ3) is 1.58. The van der Waals surface area contributed by atoms with Crippen LogP contribution >= 0.6 is 0 Å². The number of anilines is 1. The summed E-state index contributed by atoms with van der Waals surface area (Å²) in [4.78, 5) is 0. The molecule has 0 spiro atoms. The SMILES string of the molecule is Cc1cc(NC2CCNC2)no1. The molecule has 1 aliphatic rings. The summed E-state index contributed by atoms with van der Waals surface area (Å²) in [6.07, 6.45) is 1.16. The van der Waals surface area contributed by atoms with Crippen molar-refractivity contribution in [2.24, 2.45) is 0 Å². The molecule has 0 aliphatic carbocycles. The summed E-state index contributed by atoms with van der Waals surface area (Å²) in [5.41, 5.74) is 0. The molecule has 0 amide bonds. The van der Waals surface area contributed by atoms with E-state index in [9.17, 15) is 0 Å². The molecule has 0 saturated carbocycles. The van der Waals surface area contributed by atoms with E-state index in [0.29, 0.717) is 6.04 Å².